The molecule has 0 bridgehead atoms. The van der Waals surface area contributed by atoms with Crippen molar-refractivity contribution >= 4 is 5.78 Å². The van der Waals surface area contributed by atoms with Gasteiger partial charge in [-0.2, -0.15) is 0 Å². The van der Waals surface area contributed by atoms with Crippen LogP contribution in [0.25, 0.3) is 0 Å². The van der Waals surface area contributed by atoms with Crippen molar-refractivity contribution in [2.24, 2.45) is 7.05 Å². The molecule has 25 heavy (non-hydrogen) atoms. The van der Waals surface area contributed by atoms with E-state index in [4.69, 9.17) is 4.74 Å². The highest BCUT2D eigenvalue weighted by Gasteiger charge is 2.14. The summed E-state index contributed by atoms with van der Waals surface area (Å²) in [6.07, 6.45) is 4.52. The summed E-state index contributed by atoms with van der Waals surface area (Å²) in [5.41, 5.74) is 1.71. The summed E-state index contributed by atoms with van der Waals surface area (Å²) in [5, 5.41) is 13.1. The largest absolute Gasteiger partial charge is 0.490 e. The number of aryl methyl sites for hydroxylation is 2. The Hall–Kier alpha value is -2.11. The molecule has 0 aliphatic carbocycles. The van der Waals surface area contributed by atoms with Crippen molar-refractivity contribution in [1.82, 2.24) is 9.88 Å². The van der Waals surface area contributed by atoms with E-state index in [0.717, 1.165) is 5.56 Å². The van der Waals surface area contributed by atoms with Gasteiger partial charge in [-0.25, -0.2) is 0 Å². The third kappa shape index (κ3) is 6.36. The second-order valence-corrected chi connectivity index (χ2v) is 6.63. The molecular weight excluding hydrogens is 316 g/mol. The summed E-state index contributed by atoms with van der Waals surface area (Å²) in [7, 11) is 1.97. The van der Waals surface area contributed by atoms with Gasteiger partial charge in [-0.3, -0.25) is 4.79 Å². The Labute approximate surface area is 149 Å². The second kappa shape index (κ2) is 9.39. The molecule has 0 saturated carbocycles. The van der Waals surface area contributed by atoms with Gasteiger partial charge in [0.2, 0.25) is 0 Å². The van der Waals surface area contributed by atoms with Crippen molar-refractivity contribution in [2.75, 3.05) is 13.2 Å². The van der Waals surface area contributed by atoms with Crippen LogP contribution in [-0.4, -0.2) is 40.8 Å². The lowest BCUT2D eigenvalue weighted by atomic mass is 10.0. The second-order valence-electron chi connectivity index (χ2n) is 6.63. The number of Topliss-reactive ketones (excluding diaryl/α,β-unsaturated/α-hetero) is 1. The number of aromatic nitrogens is 1. The normalized spacial score (nSPS) is 12.4. The van der Waals surface area contributed by atoms with Crippen molar-refractivity contribution in [3.05, 3.63) is 53.9 Å². The van der Waals surface area contributed by atoms with Gasteiger partial charge in [0.25, 0.3) is 0 Å². The van der Waals surface area contributed by atoms with Gasteiger partial charge in [-0.1, -0.05) is 26.0 Å². The fourth-order valence-electron chi connectivity index (χ4n) is 2.54. The number of nitrogens with one attached hydrogen (secondary N) is 1. The third-order valence-electron chi connectivity index (χ3n) is 3.91. The molecule has 1 unspecified atom stereocenters. The molecule has 0 aliphatic heterocycles. The van der Waals surface area contributed by atoms with E-state index in [1.54, 1.807) is 12.1 Å². The van der Waals surface area contributed by atoms with Crippen molar-refractivity contribution < 1.29 is 14.6 Å². The van der Waals surface area contributed by atoms with E-state index < -0.39 is 6.10 Å². The van der Waals surface area contributed by atoms with Crippen molar-refractivity contribution in [3.63, 3.8) is 0 Å². The average molecular weight is 344 g/mol. The molecule has 1 aromatic carbocycles. The van der Waals surface area contributed by atoms with Gasteiger partial charge in [0.05, 0.1) is 5.56 Å². The lowest BCUT2D eigenvalue weighted by Gasteiger charge is -2.16. The maximum absolute atomic E-state index is 12.5. The molecule has 136 valence electrons. The predicted octanol–water partition coefficient (Wildman–Crippen LogP) is 2.58. The first-order valence-corrected chi connectivity index (χ1v) is 8.73. The Kier molecular flexibility index (Phi) is 7.22. The highest BCUT2D eigenvalue weighted by atomic mass is 16.5. The van der Waals surface area contributed by atoms with Gasteiger partial charge in [0.1, 0.15) is 18.5 Å². The number of ether oxygens (including phenoxy) is 1. The van der Waals surface area contributed by atoms with Crippen LogP contribution >= 0.6 is 0 Å². The molecule has 0 amide bonds. The van der Waals surface area contributed by atoms with Crippen LogP contribution in [0.4, 0.5) is 0 Å². The monoisotopic (exact) mass is 344 g/mol. The zero-order chi connectivity index (χ0) is 18.2. The van der Waals surface area contributed by atoms with Crippen LogP contribution in [0.2, 0.25) is 0 Å². The molecule has 2 aromatic rings. The van der Waals surface area contributed by atoms with E-state index in [1.807, 2.05) is 56.1 Å². The van der Waals surface area contributed by atoms with Gasteiger partial charge in [-0.15, -0.1) is 0 Å². The van der Waals surface area contributed by atoms with Gasteiger partial charge in [0, 0.05) is 38.4 Å². The SMILES string of the molecule is CC(C)NCC(O)COc1ccccc1C(=O)CCc1ccn(C)c1. The number of aliphatic hydroxyl groups excluding tert-OH is 1. The summed E-state index contributed by atoms with van der Waals surface area (Å²) < 4.78 is 7.67. The molecule has 0 radical (unpaired) electrons. The smallest absolute Gasteiger partial charge is 0.166 e. The standard InChI is InChI=1S/C20H28N2O3/c1-15(2)21-12-17(23)14-25-20-7-5-4-6-18(20)19(24)9-8-16-10-11-22(3)13-16/h4-7,10-11,13,15,17,21,23H,8-9,12,14H2,1-3H3. The van der Waals surface area contributed by atoms with Crippen molar-refractivity contribution in [3.8, 4) is 5.75 Å². The average Bonchev–Trinajstić information content (AvgIpc) is 3.01. The molecule has 1 heterocycles. The first-order valence-electron chi connectivity index (χ1n) is 8.73. The summed E-state index contributed by atoms with van der Waals surface area (Å²) in [4.78, 5) is 12.5. The van der Waals surface area contributed by atoms with E-state index in [1.165, 1.54) is 0 Å². The number of carbonyl (C=O) groups is 1. The van der Waals surface area contributed by atoms with Crippen LogP contribution < -0.4 is 10.1 Å². The third-order valence-corrected chi connectivity index (χ3v) is 3.91. The summed E-state index contributed by atoms with van der Waals surface area (Å²) >= 11 is 0. The molecule has 0 aliphatic rings. The number of hydrogen-bond acceptors (Lipinski definition) is 4. The van der Waals surface area contributed by atoms with Gasteiger partial charge in [0.15, 0.2) is 5.78 Å². The molecule has 1 atom stereocenters. The fourth-order valence-corrected chi connectivity index (χ4v) is 2.54. The van der Waals surface area contributed by atoms with Crippen LogP contribution in [0.5, 0.6) is 5.75 Å². The highest BCUT2D eigenvalue weighted by molar-refractivity contribution is 5.98. The van der Waals surface area contributed by atoms with Crippen LogP contribution in [0.1, 0.15) is 36.2 Å². The Bertz CT molecular complexity index is 679. The van der Waals surface area contributed by atoms with Gasteiger partial charge in [-0.05, 0) is 30.2 Å². The van der Waals surface area contributed by atoms with Crippen LogP contribution in [0.15, 0.2) is 42.7 Å². The van der Waals surface area contributed by atoms with Gasteiger partial charge >= 0.3 is 0 Å². The van der Waals surface area contributed by atoms with Crippen LogP contribution in [0, 0.1) is 0 Å². The van der Waals surface area contributed by atoms with Gasteiger partial charge < -0.3 is 19.7 Å². The number of ketones is 1. The number of nitrogens with zero attached hydrogens (tertiary/aromatic N) is 1. The van der Waals surface area contributed by atoms with E-state index >= 15 is 0 Å². The summed E-state index contributed by atoms with van der Waals surface area (Å²) in [6.45, 7) is 4.66. The molecule has 2 N–H and O–H groups in total. The molecule has 5 nitrogen and oxygen atoms in total. The Morgan fingerprint density at radius 3 is 2.72 bits per heavy atom. The van der Waals surface area contributed by atoms with E-state index in [9.17, 15) is 9.90 Å². The van der Waals surface area contributed by atoms with E-state index in [2.05, 4.69) is 5.32 Å². The lowest BCUT2D eigenvalue weighted by molar-refractivity contribution is 0.0946. The maximum atomic E-state index is 12.5. The number of aliphatic hydroxyl groups is 1. The quantitative estimate of drug-likeness (QED) is 0.650. The minimum atomic E-state index is -0.616. The summed E-state index contributed by atoms with van der Waals surface area (Å²) in [5.74, 6) is 0.582. The minimum absolute atomic E-state index is 0.0502. The fraction of sp³-hybridized carbons (Fsp3) is 0.450. The first-order chi connectivity index (χ1) is 12.0. The highest BCUT2D eigenvalue weighted by Crippen LogP contribution is 2.21. The molecule has 0 saturated heterocycles. The zero-order valence-corrected chi connectivity index (χ0v) is 15.2. The topological polar surface area (TPSA) is 63.5 Å². The van der Waals surface area contributed by atoms with Crippen molar-refractivity contribution in [2.45, 2.75) is 38.8 Å². The number of benzene rings is 1. The number of rotatable bonds is 10. The van der Waals surface area contributed by atoms with Crippen molar-refractivity contribution in [1.29, 1.82) is 0 Å². The Morgan fingerprint density at radius 1 is 1.28 bits per heavy atom. The predicted molar refractivity (Wildman–Crippen MR) is 99.1 cm³/mol. The summed E-state index contributed by atoms with van der Waals surface area (Å²) in [6, 6.07) is 9.55. The number of para-hydroxylation sites is 1. The maximum Gasteiger partial charge on any atom is 0.166 e. The molecule has 2 rings (SSSR count). The first kappa shape index (κ1) is 19.2. The number of hydrogen-bond donors (Lipinski definition) is 2. The van der Waals surface area contributed by atoms with E-state index in [-0.39, 0.29) is 12.4 Å². The van der Waals surface area contributed by atoms with Crippen LogP contribution in [0.3, 0.4) is 0 Å². The Morgan fingerprint density at radius 2 is 2.04 bits per heavy atom. The molecule has 0 spiro atoms. The molecule has 1 aromatic heterocycles. The van der Waals surface area contributed by atoms with E-state index in [0.29, 0.717) is 36.7 Å². The molecular formula is C20H28N2O3. The zero-order valence-electron chi connectivity index (χ0n) is 15.2. The van der Waals surface area contributed by atoms with Crippen LogP contribution in [-0.2, 0) is 13.5 Å². The Balaban J connectivity index is 1.91. The molecule has 0 fully saturated rings. The molecule has 5 heteroatoms. The number of carbonyl (C=O) groups excluding carboxylic acids is 1. The lowest BCUT2D eigenvalue weighted by Crippen LogP contribution is -2.35. The minimum Gasteiger partial charge on any atom is -0.490 e.